The lowest BCUT2D eigenvalue weighted by atomic mass is 10.2. The summed E-state index contributed by atoms with van der Waals surface area (Å²) in [5.41, 5.74) is 0.445. The Hall–Kier alpha value is -1.54. The zero-order chi connectivity index (χ0) is 16.2. The van der Waals surface area contributed by atoms with Crippen LogP contribution in [0.3, 0.4) is 0 Å². The van der Waals surface area contributed by atoms with E-state index in [4.69, 9.17) is 4.55 Å². The van der Waals surface area contributed by atoms with E-state index < -0.39 is 15.9 Å². The summed E-state index contributed by atoms with van der Waals surface area (Å²) in [6.07, 6.45) is 2.93. The number of carbonyl (C=O) groups excluding carboxylic acids is 1. The van der Waals surface area contributed by atoms with E-state index in [0.717, 1.165) is 0 Å². The Labute approximate surface area is 125 Å². The first-order valence-corrected chi connectivity index (χ1v) is 8.36. The Kier molecular flexibility index (Phi) is 5.79. The van der Waals surface area contributed by atoms with Gasteiger partial charge in [-0.2, -0.15) is 8.42 Å². The number of aromatic nitrogens is 2. The lowest BCUT2D eigenvalue weighted by Crippen LogP contribution is -2.44. The van der Waals surface area contributed by atoms with E-state index in [1.807, 2.05) is 27.7 Å². The first-order valence-electron chi connectivity index (χ1n) is 6.75. The molecule has 0 saturated carbocycles. The Morgan fingerprint density at radius 3 is 2.29 bits per heavy atom. The summed E-state index contributed by atoms with van der Waals surface area (Å²) in [4.78, 5) is 14.1. The number of nitrogens with zero attached hydrogens (tertiary/aromatic N) is 3. The first-order chi connectivity index (χ1) is 9.61. The maximum absolute atomic E-state index is 12.4. The molecule has 7 nitrogen and oxygen atoms in total. The van der Waals surface area contributed by atoms with E-state index in [2.05, 4.69) is 5.10 Å². The molecule has 0 aliphatic carbocycles. The maximum Gasteiger partial charge on any atom is 0.271 e. The van der Waals surface area contributed by atoms with Crippen molar-refractivity contribution in [3.8, 4) is 0 Å². The summed E-state index contributed by atoms with van der Waals surface area (Å²) < 4.78 is 31.4. The van der Waals surface area contributed by atoms with Crippen molar-refractivity contribution in [1.82, 2.24) is 10.00 Å². The largest absolute Gasteiger partial charge is 0.334 e. The van der Waals surface area contributed by atoms with Gasteiger partial charge in [0.1, 0.15) is 11.9 Å². The van der Waals surface area contributed by atoms with Crippen LogP contribution < -0.4 is 4.68 Å². The molecule has 8 heteroatoms. The van der Waals surface area contributed by atoms with Crippen molar-refractivity contribution < 1.29 is 22.4 Å². The zero-order valence-corrected chi connectivity index (χ0v) is 13.5. The summed E-state index contributed by atoms with van der Waals surface area (Å²) in [5.74, 6) is -0.531. The van der Waals surface area contributed by atoms with Gasteiger partial charge in [0.2, 0.25) is 0 Å². The van der Waals surface area contributed by atoms with E-state index in [0.29, 0.717) is 5.56 Å². The SMILES string of the molecule is CC(C)N(C(=O)c1cc[n+](CCS(=O)(=O)O)nc1)C(C)C. The van der Waals surface area contributed by atoms with Gasteiger partial charge in [0, 0.05) is 18.2 Å². The Morgan fingerprint density at radius 2 is 1.90 bits per heavy atom. The molecule has 1 aromatic rings. The number of rotatable bonds is 6. The van der Waals surface area contributed by atoms with Gasteiger partial charge in [0.05, 0.1) is 5.56 Å². The second kappa shape index (κ2) is 6.95. The lowest BCUT2D eigenvalue weighted by molar-refractivity contribution is -0.750. The molecule has 1 rings (SSSR count). The van der Waals surface area contributed by atoms with Crippen molar-refractivity contribution >= 4 is 16.0 Å². The Morgan fingerprint density at radius 1 is 1.33 bits per heavy atom. The van der Waals surface area contributed by atoms with Gasteiger partial charge in [0.25, 0.3) is 16.0 Å². The second-order valence-corrected chi connectivity index (χ2v) is 6.94. The van der Waals surface area contributed by atoms with Gasteiger partial charge in [-0.1, -0.05) is 4.68 Å². The summed E-state index contributed by atoms with van der Waals surface area (Å²) >= 11 is 0. The molecule has 1 N–H and O–H groups in total. The summed E-state index contributed by atoms with van der Waals surface area (Å²) in [5, 5.41) is 4.00. The molecule has 0 atom stereocenters. The quantitative estimate of drug-likeness (QED) is 0.610. The Bertz CT molecular complexity index is 574. The first kappa shape index (κ1) is 17.5. The van der Waals surface area contributed by atoms with Crippen LogP contribution in [-0.4, -0.2) is 46.7 Å². The van der Waals surface area contributed by atoms with Gasteiger partial charge in [0.15, 0.2) is 12.7 Å². The predicted molar refractivity (Wildman–Crippen MR) is 77.3 cm³/mol. The van der Waals surface area contributed by atoms with Gasteiger partial charge < -0.3 is 4.90 Å². The molecule has 0 fully saturated rings. The average molecular weight is 316 g/mol. The topological polar surface area (TPSA) is 91.5 Å². The average Bonchev–Trinajstić information content (AvgIpc) is 2.35. The predicted octanol–water partition coefficient (Wildman–Crippen LogP) is 0.516. The highest BCUT2D eigenvalue weighted by Gasteiger charge is 2.22. The highest BCUT2D eigenvalue weighted by Crippen LogP contribution is 2.10. The molecule has 0 spiro atoms. The molecule has 0 aliphatic heterocycles. The van der Waals surface area contributed by atoms with E-state index in [1.165, 1.54) is 17.1 Å². The van der Waals surface area contributed by atoms with Crippen LogP contribution >= 0.6 is 0 Å². The zero-order valence-electron chi connectivity index (χ0n) is 12.7. The fourth-order valence-electron chi connectivity index (χ4n) is 2.07. The van der Waals surface area contributed by atoms with Gasteiger partial charge in [-0.25, -0.2) is 0 Å². The van der Waals surface area contributed by atoms with Crippen LogP contribution in [0.15, 0.2) is 18.5 Å². The summed E-state index contributed by atoms with van der Waals surface area (Å²) in [7, 11) is -4.02. The molecule has 0 unspecified atom stereocenters. The van der Waals surface area contributed by atoms with Crippen LogP contribution in [0, 0.1) is 0 Å². The van der Waals surface area contributed by atoms with Crippen LogP contribution in [0.4, 0.5) is 0 Å². The molecule has 0 aromatic carbocycles. The van der Waals surface area contributed by atoms with E-state index in [9.17, 15) is 13.2 Å². The van der Waals surface area contributed by atoms with Crippen molar-refractivity contribution in [2.45, 2.75) is 46.3 Å². The molecule has 21 heavy (non-hydrogen) atoms. The third-order valence-electron chi connectivity index (χ3n) is 2.94. The fourth-order valence-corrected chi connectivity index (χ4v) is 2.48. The Balaban J connectivity index is 2.84. The molecule has 1 heterocycles. The van der Waals surface area contributed by atoms with Gasteiger partial charge in [-0.3, -0.25) is 9.35 Å². The van der Waals surface area contributed by atoms with Crippen LogP contribution in [0.1, 0.15) is 38.1 Å². The number of aryl methyl sites for hydroxylation is 1. The molecule has 0 radical (unpaired) electrons. The van der Waals surface area contributed by atoms with Crippen LogP contribution in [0.25, 0.3) is 0 Å². The minimum absolute atomic E-state index is 0.0331. The summed E-state index contributed by atoms with van der Waals surface area (Å²) in [6.45, 7) is 7.81. The molecule has 0 saturated heterocycles. The third kappa shape index (κ3) is 5.39. The second-order valence-electron chi connectivity index (χ2n) is 5.36. The monoisotopic (exact) mass is 316 g/mol. The number of amides is 1. The fraction of sp³-hybridized carbons (Fsp3) is 0.615. The standard InChI is InChI=1S/C13H21N3O4S/c1-10(2)16(11(3)4)13(17)12-5-6-15(14-9-12)7-8-21(18,19)20/h5-6,9-11H,7-8H2,1-4H3/p+1. The highest BCUT2D eigenvalue weighted by molar-refractivity contribution is 7.85. The molecule has 0 aliphatic rings. The molecule has 0 bridgehead atoms. The third-order valence-corrected chi connectivity index (χ3v) is 3.64. The van der Waals surface area contributed by atoms with Crippen molar-refractivity contribution in [1.29, 1.82) is 0 Å². The number of hydrogen-bond acceptors (Lipinski definition) is 4. The van der Waals surface area contributed by atoms with Gasteiger partial charge in [-0.05, 0) is 32.8 Å². The normalized spacial score (nSPS) is 12.0. The van der Waals surface area contributed by atoms with Gasteiger partial charge >= 0.3 is 0 Å². The van der Waals surface area contributed by atoms with Crippen molar-refractivity contribution in [2.75, 3.05) is 5.75 Å². The van der Waals surface area contributed by atoms with Crippen molar-refractivity contribution in [3.63, 3.8) is 0 Å². The number of hydrogen-bond donors (Lipinski definition) is 1. The molecular weight excluding hydrogens is 294 g/mol. The molecule has 1 amide bonds. The molecule has 118 valence electrons. The van der Waals surface area contributed by atoms with Crippen LogP contribution in [0.5, 0.6) is 0 Å². The molecule has 1 aromatic heterocycles. The minimum atomic E-state index is -4.02. The van der Waals surface area contributed by atoms with Crippen molar-refractivity contribution in [3.05, 3.63) is 24.0 Å². The number of carbonyl (C=O) groups is 1. The van der Waals surface area contributed by atoms with Crippen LogP contribution in [-0.2, 0) is 16.7 Å². The van der Waals surface area contributed by atoms with E-state index in [-0.39, 0.29) is 24.5 Å². The van der Waals surface area contributed by atoms with Crippen LogP contribution in [0.2, 0.25) is 0 Å². The van der Waals surface area contributed by atoms with E-state index in [1.54, 1.807) is 11.0 Å². The van der Waals surface area contributed by atoms with E-state index >= 15 is 0 Å². The summed E-state index contributed by atoms with van der Waals surface area (Å²) in [6, 6.07) is 1.74. The minimum Gasteiger partial charge on any atom is -0.334 e. The van der Waals surface area contributed by atoms with Crippen molar-refractivity contribution in [2.24, 2.45) is 0 Å². The molecular formula is C13H22N3O4S+. The maximum atomic E-state index is 12.4. The smallest absolute Gasteiger partial charge is 0.271 e. The van der Waals surface area contributed by atoms with Gasteiger partial charge in [-0.15, -0.1) is 0 Å². The highest BCUT2D eigenvalue weighted by atomic mass is 32.2. The lowest BCUT2D eigenvalue weighted by Gasteiger charge is -2.30.